The smallest absolute Gasteiger partial charge is 0.419 e. The van der Waals surface area contributed by atoms with E-state index in [-0.39, 0.29) is 18.3 Å². The van der Waals surface area contributed by atoms with E-state index < -0.39 is 5.76 Å². The molecule has 0 bridgehead atoms. The Bertz CT molecular complexity index is 912. The highest BCUT2D eigenvalue weighted by atomic mass is 19.1. The van der Waals surface area contributed by atoms with Crippen molar-refractivity contribution < 1.29 is 18.3 Å². The first-order valence-electron chi connectivity index (χ1n) is 6.81. The summed E-state index contributed by atoms with van der Waals surface area (Å²) < 4.78 is 24.4. The number of oxazole rings is 1. The predicted molar refractivity (Wildman–Crippen MR) is 82.0 cm³/mol. The molecule has 6 nitrogen and oxygen atoms in total. The number of hydrogen-bond donors (Lipinski definition) is 1. The van der Waals surface area contributed by atoms with Crippen molar-refractivity contribution in [2.45, 2.75) is 0 Å². The topological polar surface area (TPSA) is 73.5 Å². The van der Waals surface area contributed by atoms with Gasteiger partial charge in [-0.1, -0.05) is 0 Å². The minimum atomic E-state index is -0.469. The molecule has 3 aromatic rings. The van der Waals surface area contributed by atoms with E-state index in [9.17, 15) is 14.0 Å². The fourth-order valence-electron chi connectivity index (χ4n) is 2.09. The van der Waals surface area contributed by atoms with Crippen LogP contribution in [0.1, 0.15) is 0 Å². The Morgan fingerprint density at radius 1 is 1.26 bits per heavy atom. The van der Waals surface area contributed by atoms with Gasteiger partial charge >= 0.3 is 5.76 Å². The third-order valence-electron chi connectivity index (χ3n) is 3.26. The van der Waals surface area contributed by atoms with E-state index in [1.165, 1.54) is 28.8 Å². The molecule has 1 aromatic heterocycles. The number of aromatic nitrogens is 1. The van der Waals surface area contributed by atoms with Gasteiger partial charge in [0.05, 0.1) is 5.52 Å². The van der Waals surface area contributed by atoms with Crippen molar-refractivity contribution in [3.8, 4) is 5.75 Å². The second kappa shape index (κ2) is 5.96. The standard InChI is InChI=1S/C16H13FN2O4/c1-19-13-7-4-11(8-14(13)23-16(19)21)18-15(20)9-22-12-5-2-10(17)3-6-12/h2-8H,9H2,1H3,(H,18,20). The number of carbonyl (C=O) groups excluding carboxylic acids is 1. The number of amides is 1. The molecule has 3 rings (SSSR count). The van der Waals surface area contributed by atoms with E-state index in [1.54, 1.807) is 25.2 Å². The van der Waals surface area contributed by atoms with Gasteiger partial charge in [0.25, 0.3) is 5.91 Å². The fraction of sp³-hybridized carbons (Fsp3) is 0.125. The molecule has 0 spiro atoms. The molecule has 0 saturated heterocycles. The van der Waals surface area contributed by atoms with Gasteiger partial charge in [-0.15, -0.1) is 0 Å². The molecule has 0 atom stereocenters. The summed E-state index contributed by atoms with van der Waals surface area (Å²) in [6.45, 7) is -0.220. The summed E-state index contributed by atoms with van der Waals surface area (Å²) in [5.41, 5.74) is 1.50. The number of nitrogens with one attached hydrogen (secondary N) is 1. The summed E-state index contributed by atoms with van der Waals surface area (Å²) in [6.07, 6.45) is 0. The summed E-state index contributed by atoms with van der Waals surface area (Å²) in [4.78, 5) is 23.3. The van der Waals surface area contributed by atoms with Crippen molar-refractivity contribution in [2.24, 2.45) is 7.05 Å². The van der Waals surface area contributed by atoms with E-state index in [1.807, 2.05) is 0 Å². The highest BCUT2D eigenvalue weighted by molar-refractivity contribution is 5.93. The van der Waals surface area contributed by atoms with Crippen LogP contribution in [0, 0.1) is 5.82 Å². The molecule has 0 aliphatic rings. The van der Waals surface area contributed by atoms with Gasteiger partial charge in [-0.2, -0.15) is 0 Å². The lowest BCUT2D eigenvalue weighted by Gasteiger charge is -2.07. The summed E-state index contributed by atoms with van der Waals surface area (Å²) in [5.74, 6) is -0.833. The number of anilines is 1. The maximum atomic E-state index is 12.8. The molecule has 0 aliphatic carbocycles. The van der Waals surface area contributed by atoms with Crippen molar-refractivity contribution >= 4 is 22.7 Å². The Morgan fingerprint density at radius 3 is 2.74 bits per heavy atom. The molecule has 0 aliphatic heterocycles. The van der Waals surface area contributed by atoms with E-state index in [4.69, 9.17) is 9.15 Å². The molecule has 7 heteroatoms. The average Bonchev–Trinajstić information content (AvgIpc) is 2.81. The first-order valence-corrected chi connectivity index (χ1v) is 6.81. The van der Waals surface area contributed by atoms with E-state index in [2.05, 4.69) is 5.32 Å². The van der Waals surface area contributed by atoms with Crippen LogP contribution in [0.2, 0.25) is 0 Å². The van der Waals surface area contributed by atoms with Crippen LogP contribution in [-0.2, 0) is 11.8 Å². The van der Waals surface area contributed by atoms with Crippen LogP contribution < -0.4 is 15.8 Å². The largest absolute Gasteiger partial charge is 0.484 e. The monoisotopic (exact) mass is 316 g/mol. The zero-order valence-corrected chi connectivity index (χ0v) is 12.2. The number of halogens is 1. The summed E-state index contributed by atoms with van der Waals surface area (Å²) in [7, 11) is 1.60. The summed E-state index contributed by atoms with van der Waals surface area (Å²) >= 11 is 0. The van der Waals surface area contributed by atoms with Gasteiger partial charge in [-0.3, -0.25) is 9.36 Å². The van der Waals surface area contributed by atoms with Crippen molar-refractivity contribution in [3.63, 3.8) is 0 Å². The SMILES string of the molecule is Cn1c(=O)oc2cc(NC(=O)COc3ccc(F)cc3)ccc21. The molecule has 0 radical (unpaired) electrons. The van der Waals surface area contributed by atoms with Crippen LogP contribution in [0.5, 0.6) is 5.75 Å². The van der Waals surface area contributed by atoms with Crippen LogP contribution in [-0.4, -0.2) is 17.1 Å². The lowest BCUT2D eigenvalue weighted by Crippen LogP contribution is -2.20. The number of benzene rings is 2. The van der Waals surface area contributed by atoms with Crippen molar-refractivity contribution in [2.75, 3.05) is 11.9 Å². The van der Waals surface area contributed by atoms with E-state index in [0.29, 0.717) is 22.5 Å². The number of fused-ring (bicyclic) bond motifs is 1. The minimum Gasteiger partial charge on any atom is -0.484 e. The number of ether oxygens (including phenoxy) is 1. The molecule has 1 heterocycles. The fourth-order valence-corrected chi connectivity index (χ4v) is 2.09. The molecule has 0 fully saturated rings. The third-order valence-corrected chi connectivity index (χ3v) is 3.26. The van der Waals surface area contributed by atoms with Crippen LogP contribution >= 0.6 is 0 Å². The van der Waals surface area contributed by atoms with Crippen molar-refractivity contribution in [3.05, 3.63) is 58.8 Å². The quantitative estimate of drug-likeness (QED) is 0.801. The first kappa shape index (κ1) is 14.8. The van der Waals surface area contributed by atoms with Gasteiger partial charge in [-0.25, -0.2) is 9.18 Å². The Hall–Kier alpha value is -3.09. The Kier molecular flexibility index (Phi) is 3.84. The van der Waals surface area contributed by atoms with E-state index in [0.717, 1.165) is 0 Å². The molecule has 2 aromatic carbocycles. The lowest BCUT2D eigenvalue weighted by atomic mass is 10.3. The van der Waals surface area contributed by atoms with Gasteiger partial charge in [0.15, 0.2) is 12.2 Å². The van der Waals surface area contributed by atoms with Crippen LogP contribution in [0.3, 0.4) is 0 Å². The zero-order valence-electron chi connectivity index (χ0n) is 12.2. The average molecular weight is 316 g/mol. The van der Waals surface area contributed by atoms with Crippen LogP contribution in [0.15, 0.2) is 51.7 Å². The molecule has 1 amide bonds. The number of carbonyl (C=O) groups is 1. The molecule has 0 saturated carbocycles. The third kappa shape index (κ3) is 3.23. The lowest BCUT2D eigenvalue weighted by molar-refractivity contribution is -0.118. The van der Waals surface area contributed by atoms with Crippen LogP contribution in [0.4, 0.5) is 10.1 Å². The van der Waals surface area contributed by atoms with Gasteiger partial charge in [0, 0.05) is 18.8 Å². The Labute approximate surface area is 130 Å². The number of nitrogens with zero attached hydrogens (tertiary/aromatic N) is 1. The van der Waals surface area contributed by atoms with Crippen LogP contribution in [0.25, 0.3) is 11.1 Å². The maximum absolute atomic E-state index is 12.8. The zero-order chi connectivity index (χ0) is 16.4. The molecule has 118 valence electrons. The highest BCUT2D eigenvalue weighted by Gasteiger charge is 2.09. The molecule has 0 unspecified atom stereocenters. The summed E-state index contributed by atoms with van der Waals surface area (Å²) in [5, 5.41) is 2.64. The molecule has 1 N–H and O–H groups in total. The van der Waals surface area contributed by atoms with E-state index >= 15 is 0 Å². The second-order valence-electron chi connectivity index (χ2n) is 4.90. The second-order valence-corrected chi connectivity index (χ2v) is 4.90. The summed E-state index contributed by atoms with van der Waals surface area (Å²) in [6, 6.07) is 10.3. The van der Waals surface area contributed by atoms with Gasteiger partial charge in [-0.05, 0) is 36.4 Å². The number of rotatable bonds is 4. The maximum Gasteiger partial charge on any atom is 0.419 e. The number of hydrogen-bond acceptors (Lipinski definition) is 4. The highest BCUT2D eigenvalue weighted by Crippen LogP contribution is 2.18. The van der Waals surface area contributed by atoms with Crippen molar-refractivity contribution in [1.82, 2.24) is 4.57 Å². The normalized spacial score (nSPS) is 10.7. The molecule has 23 heavy (non-hydrogen) atoms. The minimum absolute atomic E-state index is 0.220. The first-order chi connectivity index (χ1) is 11.0. The molecular formula is C16H13FN2O4. The number of aryl methyl sites for hydroxylation is 1. The Morgan fingerprint density at radius 2 is 2.00 bits per heavy atom. The van der Waals surface area contributed by atoms with Gasteiger partial charge in [0.1, 0.15) is 11.6 Å². The molecular weight excluding hydrogens is 303 g/mol. The predicted octanol–water partition coefficient (Wildman–Crippen LogP) is 2.29. The van der Waals surface area contributed by atoms with Gasteiger partial charge < -0.3 is 14.5 Å². The Balaban J connectivity index is 1.65. The van der Waals surface area contributed by atoms with Gasteiger partial charge in [0.2, 0.25) is 0 Å². The van der Waals surface area contributed by atoms with Crippen molar-refractivity contribution in [1.29, 1.82) is 0 Å².